The van der Waals surface area contributed by atoms with Gasteiger partial charge in [-0.25, -0.2) is 9.38 Å². The second-order valence-corrected chi connectivity index (χ2v) is 9.00. The van der Waals surface area contributed by atoms with Crippen molar-refractivity contribution in [2.45, 2.75) is 45.1 Å². The molecule has 186 valence electrons. The van der Waals surface area contributed by atoms with Crippen LogP contribution in [0.5, 0.6) is 5.88 Å². The van der Waals surface area contributed by atoms with Crippen molar-refractivity contribution in [2.75, 3.05) is 0 Å². The molecule has 0 saturated heterocycles. The maximum absolute atomic E-state index is 13.8. The van der Waals surface area contributed by atoms with Crippen LogP contribution < -0.4 is 5.73 Å². The van der Waals surface area contributed by atoms with E-state index in [0.29, 0.717) is 34.3 Å². The summed E-state index contributed by atoms with van der Waals surface area (Å²) in [5.41, 5.74) is 10.9. The lowest BCUT2D eigenvalue weighted by atomic mass is 9.86. The third kappa shape index (κ3) is 5.16. The lowest BCUT2D eigenvalue weighted by molar-refractivity contribution is -0.136. The number of fused-ring (bicyclic) bond motifs is 1. The predicted octanol–water partition coefficient (Wildman–Crippen LogP) is 6.17. The molecule has 0 saturated carbocycles. The molecule has 6 nitrogen and oxygen atoms in total. The standard InChI is InChI=1S/C29H30FN3O3/c1-3-29(31,4-2)20-10-13-22(14-11-20)32-27(19-8-5-18(6-9-19)7-16-25(34)35)26-23-15-12-21(30)17-24(23)33-28(26)36/h5-6,8-15,17,33,36H,3-4,7,16,31H2,1-2H3,(H,34,35). The number of rotatable bonds is 9. The molecule has 0 aliphatic rings. The Morgan fingerprint density at radius 3 is 2.31 bits per heavy atom. The highest BCUT2D eigenvalue weighted by atomic mass is 19.1. The summed E-state index contributed by atoms with van der Waals surface area (Å²) in [6.45, 7) is 4.13. The summed E-state index contributed by atoms with van der Waals surface area (Å²) in [4.78, 5) is 18.7. The fraction of sp³-hybridized carbons (Fsp3) is 0.241. The topological polar surface area (TPSA) is 112 Å². The van der Waals surface area contributed by atoms with Crippen LogP contribution in [0, 0.1) is 5.82 Å². The number of aliphatic imine (C=N–C) groups is 1. The van der Waals surface area contributed by atoms with E-state index in [1.165, 1.54) is 12.1 Å². The highest BCUT2D eigenvalue weighted by Gasteiger charge is 2.23. The van der Waals surface area contributed by atoms with Gasteiger partial charge in [-0.15, -0.1) is 0 Å². The Balaban J connectivity index is 1.82. The zero-order valence-electron chi connectivity index (χ0n) is 20.4. The molecule has 4 aromatic rings. The van der Waals surface area contributed by atoms with Crippen molar-refractivity contribution in [1.29, 1.82) is 0 Å². The van der Waals surface area contributed by atoms with Gasteiger partial charge in [0.1, 0.15) is 5.82 Å². The number of aliphatic carboxylic acids is 1. The van der Waals surface area contributed by atoms with Crippen LogP contribution in [0.25, 0.3) is 10.9 Å². The quantitative estimate of drug-likeness (QED) is 0.211. The Hall–Kier alpha value is -3.97. The molecule has 0 aliphatic heterocycles. The van der Waals surface area contributed by atoms with Gasteiger partial charge in [-0.05, 0) is 60.7 Å². The van der Waals surface area contributed by atoms with Crippen molar-refractivity contribution in [3.63, 3.8) is 0 Å². The van der Waals surface area contributed by atoms with Crippen LogP contribution in [0.2, 0.25) is 0 Å². The van der Waals surface area contributed by atoms with Crippen LogP contribution in [-0.4, -0.2) is 26.9 Å². The molecule has 0 bridgehead atoms. The van der Waals surface area contributed by atoms with Gasteiger partial charge >= 0.3 is 5.97 Å². The number of benzene rings is 3. The number of H-pyrrole nitrogens is 1. The average molecular weight is 488 g/mol. The minimum Gasteiger partial charge on any atom is -0.494 e. The van der Waals surface area contributed by atoms with E-state index < -0.39 is 17.3 Å². The van der Waals surface area contributed by atoms with Gasteiger partial charge in [-0.1, -0.05) is 50.2 Å². The Bertz CT molecular complexity index is 1400. The third-order valence-corrected chi connectivity index (χ3v) is 6.78. The van der Waals surface area contributed by atoms with E-state index in [2.05, 4.69) is 18.8 Å². The molecule has 0 atom stereocenters. The van der Waals surface area contributed by atoms with Gasteiger partial charge in [-0.2, -0.15) is 0 Å². The number of nitrogens with one attached hydrogen (secondary N) is 1. The SMILES string of the molecule is CCC(N)(CC)c1ccc(N=C(c2ccc(CCC(=O)O)cc2)c2c(O)[nH]c3cc(F)ccc23)cc1. The number of nitrogens with zero attached hydrogens (tertiary/aromatic N) is 1. The summed E-state index contributed by atoms with van der Waals surface area (Å²) < 4.78 is 13.8. The van der Waals surface area contributed by atoms with Gasteiger partial charge < -0.3 is 20.9 Å². The Kier molecular flexibility index (Phi) is 7.22. The molecule has 0 fully saturated rings. The minimum absolute atomic E-state index is 0.0413. The Labute approximate surface area is 209 Å². The van der Waals surface area contributed by atoms with Crippen LogP contribution in [0.3, 0.4) is 0 Å². The summed E-state index contributed by atoms with van der Waals surface area (Å²) >= 11 is 0. The predicted molar refractivity (Wildman–Crippen MR) is 141 cm³/mol. The third-order valence-electron chi connectivity index (χ3n) is 6.78. The number of aromatic amines is 1. The maximum atomic E-state index is 13.8. The van der Waals surface area contributed by atoms with Crippen LogP contribution in [0.4, 0.5) is 10.1 Å². The first-order chi connectivity index (χ1) is 17.2. The molecule has 0 aliphatic carbocycles. The van der Waals surface area contributed by atoms with Gasteiger partial charge in [0.2, 0.25) is 0 Å². The van der Waals surface area contributed by atoms with E-state index in [-0.39, 0.29) is 12.3 Å². The van der Waals surface area contributed by atoms with Crippen molar-refractivity contribution in [2.24, 2.45) is 10.7 Å². The molecule has 1 aromatic heterocycles. The van der Waals surface area contributed by atoms with E-state index in [4.69, 9.17) is 15.8 Å². The first-order valence-electron chi connectivity index (χ1n) is 12.0. The molecule has 1 heterocycles. The van der Waals surface area contributed by atoms with Crippen molar-refractivity contribution in [3.05, 3.63) is 94.8 Å². The van der Waals surface area contributed by atoms with E-state index >= 15 is 0 Å². The average Bonchev–Trinajstić information content (AvgIpc) is 3.20. The highest BCUT2D eigenvalue weighted by molar-refractivity contribution is 6.21. The van der Waals surface area contributed by atoms with Crippen molar-refractivity contribution in [3.8, 4) is 5.88 Å². The first-order valence-corrected chi connectivity index (χ1v) is 12.0. The zero-order chi connectivity index (χ0) is 25.9. The first kappa shape index (κ1) is 25.1. The van der Waals surface area contributed by atoms with Crippen molar-refractivity contribution < 1.29 is 19.4 Å². The van der Waals surface area contributed by atoms with Gasteiger partial charge in [0.25, 0.3) is 0 Å². The molecule has 4 rings (SSSR count). The number of carboxylic acids is 1. The van der Waals surface area contributed by atoms with E-state index in [9.17, 15) is 14.3 Å². The number of hydrogen-bond donors (Lipinski definition) is 4. The number of halogens is 1. The van der Waals surface area contributed by atoms with Gasteiger partial charge in [0.05, 0.1) is 22.5 Å². The number of carbonyl (C=O) groups is 1. The van der Waals surface area contributed by atoms with E-state index in [1.54, 1.807) is 6.07 Å². The van der Waals surface area contributed by atoms with Crippen LogP contribution in [-0.2, 0) is 16.8 Å². The molecule has 3 aromatic carbocycles. The number of carboxylic acid groups (broad SMARTS) is 1. The summed E-state index contributed by atoms with van der Waals surface area (Å²) in [6.07, 6.45) is 2.08. The molecule has 5 N–H and O–H groups in total. The largest absolute Gasteiger partial charge is 0.494 e. The Morgan fingerprint density at radius 2 is 1.69 bits per heavy atom. The fourth-order valence-electron chi connectivity index (χ4n) is 4.40. The molecule has 0 radical (unpaired) electrons. The molecular formula is C29H30FN3O3. The fourth-order valence-corrected chi connectivity index (χ4v) is 4.40. The zero-order valence-corrected chi connectivity index (χ0v) is 20.4. The van der Waals surface area contributed by atoms with Gasteiger partial charge in [0.15, 0.2) is 5.88 Å². The summed E-state index contributed by atoms with van der Waals surface area (Å²) in [5.74, 6) is -1.38. The summed E-state index contributed by atoms with van der Waals surface area (Å²) in [7, 11) is 0. The molecular weight excluding hydrogens is 457 g/mol. The molecule has 0 spiro atoms. The van der Waals surface area contributed by atoms with Gasteiger partial charge in [0, 0.05) is 22.9 Å². The molecule has 7 heteroatoms. The van der Waals surface area contributed by atoms with E-state index in [1.807, 2.05) is 48.5 Å². The highest BCUT2D eigenvalue weighted by Crippen LogP contribution is 2.33. The smallest absolute Gasteiger partial charge is 0.303 e. The monoisotopic (exact) mass is 487 g/mol. The number of hydrogen-bond acceptors (Lipinski definition) is 4. The second-order valence-electron chi connectivity index (χ2n) is 9.00. The number of aryl methyl sites for hydroxylation is 1. The number of aromatic nitrogens is 1. The van der Waals surface area contributed by atoms with Crippen LogP contribution in [0.15, 0.2) is 71.7 Å². The minimum atomic E-state index is -0.853. The normalized spacial score (nSPS) is 12.3. The molecule has 0 unspecified atom stereocenters. The number of nitrogens with two attached hydrogens (primary N) is 1. The molecule has 0 amide bonds. The van der Waals surface area contributed by atoms with Gasteiger partial charge in [-0.3, -0.25) is 4.79 Å². The van der Waals surface area contributed by atoms with Crippen LogP contribution in [0.1, 0.15) is 55.4 Å². The van der Waals surface area contributed by atoms with Crippen LogP contribution >= 0.6 is 0 Å². The Morgan fingerprint density at radius 1 is 1.03 bits per heavy atom. The lowest BCUT2D eigenvalue weighted by Crippen LogP contribution is -2.34. The number of aromatic hydroxyl groups is 1. The maximum Gasteiger partial charge on any atom is 0.303 e. The summed E-state index contributed by atoms with van der Waals surface area (Å²) in [5, 5.41) is 20.4. The van der Waals surface area contributed by atoms with Crippen molar-refractivity contribution in [1.82, 2.24) is 4.98 Å². The lowest BCUT2D eigenvalue weighted by Gasteiger charge is -2.27. The second kappa shape index (κ2) is 10.3. The molecule has 36 heavy (non-hydrogen) atoms. The summed E-state index contributed by atoms with van der Waals surface area (Å²) in [6, 6.07) is 19.4. The van der Waals surface area contributed by atoms with Crippen molar-refractivity contribution >= 4 is 28.3 Å². The van der Waals surface area contributed by atoms with E-state index in [0.717, 1.165) is 29.5 Å².